The molecule has 0 radical (unpaired) electrons. The number of carbonyl (C=O) groups excluding carboxylic acids is 20. The predicted octanol–water partition coefficient (Wildman–Crippen LogP) is 1.66. The molecule has 0 aliphatic carbocycles. The van der Waals surface area contributed by atoms with Crippen molar-refractivity contribution in [1.29, 1.82) is 0 Å². The second-order valence-corrected chi connectivity index (χ2v) is 37.4. The highest BCUT2D eigenvalue weighted by Gasteiger charge is 2.57. The van der Waals surface area contributed by atoms with E-state index in [-0.39, 0.29) is 93.8 Å². The molecule has 5 aromatic rings. The van der Waals surface area contributed by atoms with Gasteiger partial charge >= 0.3 is 36.0 Å². The molecule has 0 unspecified atom stereocenters. The van der Waals surface area contributed by atoms with Crippen molar-refractivity contribution in [1.82, 2.24) is 87.2 Å². The van der Waals surface area contributed by atoms with Crippen molar-refractivity contribution in [3.8, 4) is 11.5 Å². The molecule has 145 heavy (non-hydrogen) atoms. The van der Waals surface area contributed by atoms with E-state index in [0.29, 0.717) is 41.1 Å². The van der Waals surface area contributed by atoms with E-state index in [9.17, 15) is 67.1 Å². The molecule has 2 aromatic heterocycles. The minimum Gasteiger partial charge on any atom is -0.486 e. The summed E-state index contributed by atoms with van der Waals surface area (Å²) < 4.78 is 45.8. The molecule has 0 bridgehead atoms. The quantitative estimate of drug-likeness (QED) is 0.0202. The third-order valence-electron chi connectivity index (χ3n) is 25.0. The molecule has 9 rings (SSSR count). The van der Waals surface area contributed by atoms with Crippen LogP contribution < -0.4 is 68.4 Å². The summed E-state index contributed by atoms with van der Waals surface area (Å²) in [5.74, 6) is -18.8. The highest BCUT2D eigenvalue weighted by molar-refractivity contribution is 6.04. The van der Waals surface area contributed by atoms with Crippen LogP contribution in [0.3, 0.4) is 0 Å². The largest absolute Gasteiger partial charge is 0.486 e. The van der Waals surface area contributed by atoms with Crippen LogP contribution in [0, 0.1) is 17.8 Å². The molecular formula is C98H133N19O28. The Hall–Kier alpha value is -15.0. The van der Waals surface area contributed by atoms with Crippen molar-refractivity contribution in [3.05, 3.63) is 102 Å². The number of likely N-dealkylation sites (N-methyl/N-ethyl adjacent to an activating group) is 4. The van der Waals surface area contributed by atoms with E-state index in [1.807, 2.05) is 0 Å². The zero-order chi connectivity index (χ0) is 107. The first kappa shape index (κ1) is 114. The lowest BCUT2D eigenvalue weighted by atomic mass is 9.96. The SMILES string of the molecule is CC[C@H](C)[C@H]1C(=O)NC[C@@H](NC(=O)c2nc3ccccc3cc2O[C@@H]2O[C@H](C(=O)OC)[C@@H](OC(C)=O)[C@H](OC(C)=O)[C@H]2OC(C)=O)C(=O)N2CCCC[C@H]2C(=O)NCC(=O)N(C)CC(=O)N(C)[C@@H]([C@@H](C)CC)C(=O)NC[C@H](NC(=O)c2nc3ccccc3cc2OCc2ccc(NC(=O)[C@H](CCCNC(N)=O)NC(=O)[C@@H](NC(=O)OC(C)(C)C)C(C)C)cc2)C(=O)N2CCCC[C@H]2C(=O)NCC(=O)N(C)CC(=O)N1C. The number of fused-ring (bicyclic) bond motifs is 4. The number of urea groups is 1. The van der Waals surface area contributed by atoms with Gasteiger partial charge in [-0.1, -0.05) is 103 Å². The number of nitrogens with one attached hydrogen (secondary N) is 10. The molecule has 788 valence electrons. The number of amides is 17. The van der Waals surface area contributed by atoms with Crippen molar-refractivity contribution in [2.45, 2.75) is 239 Å². The summed E-state index contributed by atoms with van der Waals surface area (Å²) in [6.07, 6.45) is -8.45. The molecule has 4 fully saturated rings. The topological polar surface area (TPSA) is 607 Å². The van der Waals surface area contributed by atoms with Crippen LogP contribution >= 0.6 is 0 Å². The number of hydrogen-bond donors (Lipinski definition) is 11. The number of para-hydroxylation sites is 2. The first-order valence-corrected chi connectivity index (χ1v) is 48.0. The summed E-state index contributed by atoms with van der Waals surface area (Å²) in [7, 11) is 6.10. The van der Waals surface area contributed by atoms with Crippen molar-refractivity contribution >= 4 is 146 Å². The summed E-state index contributed by atoms with van der Waals surface area (Å²) in [4.78, 5) is 300. The van der Waals surface area contributed by atoms with Crippen LogP contribution in [0.1, 0.15) is 174 Å². The molecule has 15 atom stereocenters. The monoisotopic (exact) mass is 2020 g/mol. The van der Waals surface area contributed by atoms with E-state index in [4.69, 9.17) is 48.6 Å². The van der Waals surface area contributed by atoms with Crippen LogP contribution in [0.25, 0.3) is 21.8 Å². The molecule has 4 saturated heterocycles. The molecule has 12 N–H and O–H groups in total. The Labute approximate surface area is 838 Å². The summed E-state index contributed by atoms with van der Waals surface area (Å²) in [6.45, 7) is 13.2. The third-order valence-corrected chi connectivity index (χ3v) is 25.0. The highest BCUT2D eigenvalue weighted by Crippen LogP contribution is 2.35. The first-order valence-electron chi connectivity index (χ1n) is 48.0. The second kappa shape index (κ2) is 52.3. The summed E-state index contributed by atoms with van der Waals surface area (Å²) >= 11 is 0. The van der Waals surface area contributed by atoms with Gasteiger partial charge in [-0.3, -0.25) is 81.5 Å². The van der Waals surface area contributed by atoms with E-state index in [0.717, 1.165) is 52.4 Å². The number of nitrogens with two attached hydrogens (primary N) is 1. The van der Waals surface area contributed by atoms with Crippen LogP contribution in [-0.4, -0.2) is 337 Å². The lowest BCUT2D eigenvalue weighted by Gasteiger charge is -2.43. The van der Waals surface area contributed by atoms with Gasteiger partial charge in [0, 0.05) is 98.1 Å². The van der Waals surface area contributed by atoms with Gasteiger partial charge < -0.3 is 126 Å². The molecule has 0 saturated carbocycles. The number of benzene rings is 3. The average Bonchev–Trinajstić information content (AvgIpc) is 0.764. The molecule has 4 aliphatic rings. The normalized spacial score (nSPS) is 22.3. The van der Waals surface area contributed by atoms with E-state index in [1.165, 1.54) is 45.2 Å². The van der Waals surface area contributed by atoms with E-state index in [1.54, 1.807) is 135 Å². The highest BCUT2D eigenvalue weighted by atomic mass is 16.7. The Morgan fingerprint density at radius 3 is 1.48 bits per heavy atom. The molecule has 6 heterocycles. The number of ether oxygens (including phenoxy) is 8. The zero-order valence-corrected chi connectivity index (χ0v) is 84.5. The Balaban J connectivity index is 1.00. The van der Waals surface area contributed by atoms with Gasteiger partial charge in [0.25, 0.3) is 11.8 Å². The lowest BCUT2D eigenvalue weighted by Crippen LogP contribution is -2.64. The minimum absolute atomic E-state index is 0.0181. The van der Waals surface area contributed by atoms with Crippen molar-refractivity contribution in [2.75, 3.05) is 99.5 Å². The van der Waals surface area contributed by atoms with Gasteiger partial charge in [0.2, 0.25) is 83.3 Å². The van der Waals surface area contributed by atoms with Crippen molar-refractivity contribution < 1.29 is 134 Å². The number of primary amides is 1. The molecule has 3 aromatic carbocycles. The number of rotatable bonds is 27. The van der Waals surface area contributed by atoms with Crippen molar-refractivity contribution in [2.24, 2.45) is 23.5 Å². The van der Waals surface area contributed by atoms with Gasteiger partial charge in [-0.05, 0) is 132 Å². The van der Waals surface area contributed by atoms with Gasteiger partial charge in [0.05, 0.1) is 44.3 Å². The number of methoxy groups -OCH3 is 1. The van der Waals surface area contributed by atoms with Crippen LogP contribution in [0.5, 0.6) is 11.5 Å². The second-order valence-electron chi connectivity index (χ2n) is 37.4. The predicted molar refractivity (Wildman–Crippen MR) is 518 cm³/mol. The number of carbonyl (C=O) groups is 20. The number of hydrogen-bond acceptors (Lipinski definition) is 30. The maximum absolute atomic E-state index is 15.7. The summed E-state index contributed by atoms with van der Waals surface area (Å²) in [5.41, 5.74) is 4.61. The summed E-state index contributed by atoms with van der Waals surface area (Å²) in [6, 6.07) is 9.88. The van der Waals surface area contributed by atoms with Gasteiger partial charge in [0.1, 0.15) is 60.5 Å². The number of esters is 4. The standard InChI is InChI=1S/C98H133N19O28/c1-18-53(5)78-90(131)101-45-65(109-88(129)76-69(43-59-29-20-22-31-62(59)106-76)139-51-58-36-38-61(39-37-58)105-84(125)64(33-28-40-100-96(99)136)108-87(128)75(52(3)4)111-97(137)145-98(10,11)12)92(133)116-41-26-24-34-67(116)85(126)103-47-71(121)113(14)50-74(124)115(16)79(54(6)19-2)91(132)102-46-66(93(134)117-42-27-25-35-68(117)86(127)104-48-72(122)112(13)49-73(123)114(78)15)110-89(130)77-70(44-60-30-21-23-32-63(60)107-77)143-95-83(142-57(9)120)81(141-56(8)119)80(140-55(7)118)82(144-95)94(135)138-17/h20-23,29-32,36-39,43-44,52-54,64-68,75,78-83,95H,18-19,24-28,33-35,40-42,45-51H2,1-17H3,(H,101,131)(H,102,132)(H,103,126)(H,104,127)(H,105,125)(H,108,128)(H,109,129)(H,110,130)(H,111,137)(H3,99,100,136)/t53-,54-,64-,65-,66+,67-,68-,75-,78-,79-,80-,81-,82-,83+,95+/m0/s1. The molecule has 47 heteroatoms. The van der Waals surface area contributed by atoms with Gasteiger partial charge in [-0.15, -0.1) is 0 Å². The lowest BCUT2D eigenvalue weighted by molar-refractivity contribution is -0.282. The maximum atomic E-state index is 15.7. The Bertz CT molecular complexity index is 5600. The molecule has 47 nitrogen and oxygen atoms in total. The Kier molecular flexibility index (Phi) is 41.0. The Morgan fingerprint density at radius 2 is 1.02 bits per heavy atom. The van der Waals surface area contributed by atoms with E-state index in [2.05, 4.69) is 58.2 Å². The first-order chi connectivity index (χ1) is 68.6. The number of piperidine rings is 2. The third kappa shape index (κ3) is 31.3. The van der Waals surface area contributed by atoms with Gasteiger partial charge in [0.15, 0.2) is 41.2 Å². The number of aromatic nitrogens is 2. The zero-order valence-electron chi connectivity index (χ0n) is 84.5. The van der Waals surface area contributed by atoms with Crippen LogP contribution in [0.15, 0.2) is 84.9 Å². The fourth-order valence-corrected chi connectivity index (χ4v) is 16.9. The number of anilines is 1. The smallest absolute Gasteiger partial charge is 0.408 e. The average molecular weight is 2030 g/mol. The molecule has 4 aliphatic heterocycles. The molecule has 0 spiro atoms. The number of alkyl carbamates (subject to hydrolysis) is 1. The van der Waals surface area contributed by atoms with E-state index < -0.39 is 272 Å². The molecule has 17 amide bonds. The minimum atomic E-state index is -2.06. The fraction of sp³-hybridized carbons (Fsp3) is 0.551. The number of pyridine rings is 2. The van der Waals surface area contributed by atoms with E-state index >= 15 is 28.8 Å². The van der Waals surface area contributed by atoms with Crippen LogP contribution in [0.2, 0.25) is 0 Å². The Morgan fingerprint density at radius 1 is 0.559 bits per heavy atom. The van der Waals surface area contributed by atoms with Crippen LogP contribution in [0.4, 0.5) is 15.3 Å². The maximum Gasteiger partial charge on any atom is 0.408 e. The van der Waals surface area contributed by atoms with Gasteiger partial charge in [-0.2, -0.15) is 0 Å². The number of nitrogens with zero attached hydrogens (tertiary/aromatic N) is 8. The van der Waals surface area contributed by atoms with Gasteiger partial charge in [-0.25, -0.2) is 24.4 Å². The summed E-state index contributed by atoms with van der Waals surface area (Å²) in [5, 5.41) is 27.4. The van der Waals surface area contributed by atoms with Crippen molar-refractivity contribution in [3.63, 3.8) is 0 Å². The fourth-order valence-electron chi connectivity index (χ4n) is 16.9. The molecular weight excluding hydrogens is 1890 g/mol. The van der Waals surface area contributed by atoms with Crippen LogP contribution in [-0.2, 0) is 112 Å².